The molecule has 3 heterocycles. The zero-order chi connectivity index (χ0) is 21.0. The van der Waals surface area contributed by atoms with Gasteiger partial charge in [-0.1, -0.05) is 48.2 Å². The number of thioether (sulfide) groups is 1. The minimum absolute atomic E-state index is 0.216. The maximum Gasteiger partial charge on any atom is 0.216 e. The van der Waals surface area contributed by atoms with E-state index in [1.165, 1.54) is 4.90 Å². The van der Waals surface area contributed by atoms with E-state index in [0.717, 1.165) is 22.3 Å². The van der Waals surface area contributed by atoms with Crippen LogP contribution in [0.3, 0.4) is 0 Å². The van der Waals surface area contributed by atoms with Crippen LogP contribution in [0.5, 0.6) is 17.2 Å². The van der Waals surface area contributed by atoms with E-state index in [2.05, 4.69) is 6.07 Å². The highest BCUT2D eigenvalue weighted by Gasteiger charge is 2.26. The summed E-state index contributed by atoms with van der Waals surface area (Å²) in [6.07, 6.45) is 0. The van der Waals surface area contributed by atoms with Crippen molar-refractivity contribution in [1.29, 1.82) is 0 Å². The molecule has 0 fully saturated rings. The van der Waals surface area contributed by atoms with Crippen LogP contribution < -0.4 is 14.2 Å². The zero-order valence-electron chi connectivity index (χ0n) is 15.7. The molecule has 3 aromatic rings. The first-order valence-electron chi connectivity index (χ1n) is 8.94. The highest BCUT2D eigenvalue weighted by molar-refractivity contribution is 7.99. The Morgan fingerprint density at radius 3 is 2.17 bits per heavy atom. The fraction of sp³-hybridized carbons (Fsp3) is 0.143. The minimum Gasteiger partial charge on any atom is -0.481 e. The monoisotopic (exact) mass is 462 g/mol. The summed E-state index contributed by atoms with van der Waals surface area (Å²) in [5, 5.41) is 0. The van der Waals surface area contributed by atoms with Gasteiger partial charge in [0.05, 0.1) is 20.6 Å². The Balaban J connectivity index is 0.000000109. The molecule has 0 spiro atoms. The summed E-state index contributed by atoms with van der Waals surface area (Å²) in [6.45, 7) is 0. The van der Waals surface area contributed by atoms with E-state index in [0.29, 0.717) is 16.6 Å². The van der Waals surface area contributed by atoms with Crippen molar-refractivity contribution in [1.82, 2.24) is 0 Å². The van der Waals surface area contributed by atoms with Crippen LogP contribution in [0.15, 0.2) is 87.5 Å². The Bertz CT molecular complexity index is 1150. The molecule has 0 aliphatic carbocycles. The van der Waals surface area contributed by atoms with Gasteiger partial charge in [0.15, 0.2) is 11.9 Å². The predicted molar refractivity (Wildman–Crippen MR) is 115 cm³/mol. The summed E-state index contributed by atoms with van der Waals surface area (Å²) in [4.78, 5) is 2.39. The highest BCUT2D eigenvalue weighted by atomic mass is 32.2. The summed E-state index contributed by atoms with van der Waals surface area (Å²) in [5.41, 5.74) is 0. The fourth-order valence-corrected chi connectivity index (χ4v) is 5.64. The average molecular weight is 463 g/mol. The maximum absolute atomic E-state index is 11.1. The second-order valence-electron chi connectivity index (χ2n) is 6.23. The predicted octanol–water partition coefficient (Wildman–Crippen LogP) is 4.08. The van der Waals surface area contributed by atoms with Gasteiger partial charge in [0, 0.05) is 0 Å². The van der Waals surface area contributed by atoms with Crippen LogP contribution in [0.25, 0.3) is 0 Å². The minimum atomic E-state index is -3.13. The number of hydrogen-bond acceptors (Lipinski definition) is 7. The van der Waals surface area contributed by atoms with Crippen molar-refractivity contribution in [2.24, 2.45) is 0 Å². The van der Waals surface area contributed by atoms with Gasteiger partial charge in [0.2, 0.25) is 9.84 Å². The lowest BCUT2D eigenvalue weighted by Crippen LogP contribution is -2.01. The van der Waals surface area contributed by atoms with Gasteiger partial charge in [-0.15, -0.1) is 0 Å². The van der Waals surface area contributed by atoms with Crippen LogP contribution in [0, 0.1) is 0 Å². The lowest BCUT2D eigenvalue weighted by molar-refractivity contribution is 0.389. The Morgan fingerprint density at radius 1 is 0.767 bits per heavy atom. The smallest absolute Gasteiger partial charge is 0.216 e. The van der Waals surface area contributed by atoms with Gasteiger partial charge < -0.3 is 14.2 Å². The first-order valence-corrected chi connectivity index (χ1v) is 12.9. The quantitative estimate of drug-likeness (QED) is 0.498. The number of para-hydroxylation sites is 3. The van der Waals surface area contributed by atoms with Crippen LogP contribution >= 0.6 is 11.8 Å². The number of sulfone groups is 1. The molecule has 30 heavy (non-hydrogen) atoms. The van der Waals surface area contributed by atoms with E-state index in [4.69, 9.17) is 14.2 Å². The molecule has 3 aromatic carbocycles. The zero-order valence-corrected chi connectivity index (χ0v) is 18.2. The van der Waals surface area contributed by atoms with Crippen LogP contribution in [-0.2, 0) is 20.6 Å². The molecule has 3 aliphatic rings. The van der Waals surface area contributed by atoms with Gasteiger partial charge >= 0.3 is 0 Å². The molecule has 0 saturated carbocycles. The molecular weight excluding hydrogens is 444 g/mol. The van der Waals surface area contributed by atoms with E-state index in [9.17, 15) is 12.6 Å². The number of fused-ring (bicyclic) bond motifs is 3. The molecule has 0 bridgehead atoms. The third-order valence-electron chi connectivity index (χ3n) is 4.25. The van der Waals surface area contributed by atoms with E-state index >= 15 is 0 Å². The SMILES string of the molecule is O=S1(=O)COc2ccccc21.O=S1COc2ccccc21.c1ccc2c(c1)OCS2. The second-order valence-corrected chi connectivity index (χ2v) is 10.5. The largest absolute Gasteiger partial charge is 0.481 e. The van der Waals surface area contributed by atoms with Crippen molar-refractivity contribution < 1.29 is 26.8 Å². The molecule has 0 saturated heterocycles. The van der Waals surface area contributed by atoms with Gasteiger partial charge in [0.25, 0.3) is 0 Å². The van der Waals surface area contributed by atoms with Crippen molar-refractivity contribution in [3.63, 3.8) is 0 Å². The van der Waals surface area contributed by atoms with Crippen molar-refractivity contribution in [2.45, 2.75) is 14.7 Å². The van der Waals surface area contributed by atoms with Crippen LogP contribution in [0.2, 0.25) is 0 Å². The highest BCUT2D eigenvalue weighted by Crippen LogP contribution is 2.35. The van der Waals surface area contributed by atoms with Gasteiger partial charge in [0.1, 0.15) is 28.1 Å². The Hall–Kier alpha value is -2.49. The van der Waals surface area contributed by atoms with Crippen LogP contribution in [0.4, 0.5) is 0 Å². The normalized spacial score (nSPS) is 18.6. The molecule has 1 unspecified atom stereocenters. The molecule has 6 nitrogen and oxygen atoms in total. The second kappa shape index (κ2) is 9.11. The van der Waals surface area contributed by atoms with Crippen LogP contribution in [-0.4, -0.2) is 30.4 Å². The average Bonchev–Trinajstić information content (AvgIpc) is 3.48. The molecule has 0 amide bonds. The summed E-state index contributed by atoms with van der Waals surface area (Å²) in [6, 6.07) is 22.1. The van der Waals surface area contributed by atoms with Crippen molar-refractivity contribution in [2.75, 3.05) is 17.8 Å². The lowest BCUT2D eigenvalue weighted by Gasteiger charge is -1.92. The number of ether oxygens (including phenoxy) is 3. The topological polar surface area (TPSA) is 78.9 Å². The van der Waals surface area contributed by atoms with E-state index in [-0.39, 0.29) is 5.94 Å². The molecule has 3 aliphatic heterocycles. The standard InChI is InChI=1S/C7H6O3S.C7H6O2S.C7H6OS/c8-11(9)5-10-6-3-1-2-4-7(6)11;8-10-5-9-6-3-1-2-4-7(6)10;1-2-4-7-6(3-1)8-5-9-7/h1-4H,5H2;1-4H,5H2;1-4H,5H2. The third-order valence-corrected chi connectivity index (χ3v) is 7.73. The van der Waals surface area contributed by atoms with E-state index in [1.54, 1.807) is 36.0 Å². The Labute approximate surface area is 181 Å². The Kier molecular flexibility index (Phi) is 6.31. The molecule has 9 heteroatoms. The number of rotatable bonds is 0. The van der Waals surface area contributed by atoms with E-state index in [1.807, 2.05) is 42.5 Å². The molecular formula is C21H18O6S3. The van der Waals surface area contributed by atoms with Gasteiger partial charge in [-0.2, -0.15) is 0 Å². The van der Waals surface area contributed by atoms with Gasteiger partial charge in [-0.3, -0.25) is 4.21 Å². The first-order chi connectivity index (χ1) is 14.5. The summed E-state index contributed by atoms with van der Waals surface area (Å²) < 4.78 is 48.6. The fourth-order valence-electron chi connectivity index (χ4n) is 2.81. The van der Waals surface area contributed by atoms with Crippen molar-refractivity contribution >= 4 is 32.4 Å². The third kappa shape index (κ3) is 4.63. The van der Waals surface area contributed by atoms with Crippen LogP contribution in [0.1, 0.15) is 0 Å². The summed E-state index contributed by atoms with van der Waals surface area (Å²) in [7, 11) is -4.05. The first kappa shape index (κ1) is 20.8. The number of benzene rings is 3. The van der Waals surface area contributed by atoms with E-state index < -0.39 is 20.6 Å². The van der Waals surface area contributed by atoms with Gasteiger partial charge in [-0.25, -0.2) is 8.42 Å². The number of hydrogen-bond donors (Lipinski definition) is 0. The lowest BCUT2D eigenvalue weighted by atomic mass is 10.3. The summed E-state index contributed by atoms with van der Waals surface area (Å²) in [5.74, 6) is 3.14. The van der Waals surface area contributed by atoms with Crippen molar-refractivity contribution in [3.05, 3.63) is 72.8 Å². The molecule has 1 atom stereocenters. The molecule has 156 valence electrons. The maximum atomic E-state index is 11.1. The van der Waals surface area contributed by atoms with Crippen molar-refractivity contribution in [3.8, 4) is 17.2 Å². The van der Waals surface area contributed by atoms with Gasteiger partial charge in [-0.05, 0) is 36.4 Å². The summed E-state index contributed by atoms with van der Waals surface area (Å²) >= 11 is 1.75. The molecule has 0 aromatic heterocycles. The molecule has 0 N–H and O–H groups in total. The Morgan fingerprint density at radius 2 is 1.43 bits per heavy atom. The molecule has 6 rings (SSSR count). The molecule has 0 radical (unpaired) electrons.